The highest BCUT2D eigenvalue weighted by atomic mass is 16.3. The minimum atomic E-state index is -0.0223. The Kier molecular flexibility index (Phi) is 3.13. The molecule has 0 aromatic carbocycles. The molecule has 82 valence electrons. The largest absolute Gasteiger partial charge is 0.393 e. The second kappa shape index (κ2) is 4.19. The lowest BCUT2D eigenvalue weighted by atomic mass is 9.79. The average molecular weight is 197 g/mol. The van der Waals surface area contributed by atoms with Gasteiger partial charge in [-0.2, -0.15) is 0 Å². The molecule has 0 heterocycles. The Balaban J connectivity index is 1.74. The van der Waals surface area contributed by atoms with Gasteiger partial charge in [-0.1, -0.05) is 13.8 Å². The summed E-state index contributed by atoms with van der Waals surface area (Å²) in [6.07, 6.45) is 5.98. The van der Waals surface area contributed by atoms with Gasteiger partial charge in [0, 0.05) is 12.1 Å². The summed E-state index contributed by atoms with van der Waals surface area (Å²) in [5, 5.41) is 12.9. The molecule has 0 aromatic rings. The minimum Gasteiger partial charge on any atom is -0.393 e. The first kappa shape index (κ1) is 10.4. The zero-order valence-electron chi connectivity index (χ0n) is 9.37. The zero-order chi connectivity index (χ0) is 10.1. The number of aliphatic hydroxyl groups is 1. The lowest BCUT2D eigenvalue weighted by Gasteiger charge is -2.39. The van der Waals surface area contributed by atoms with Crippen LogP contribution in [-0.4, -0.2) is 23.3 Å². The topological polar surface area (TPSA) is 32.3 Å². The first-order chi connectivity index (χ1) is 6.63. The van der Waals surface area contributed by atoms with Gasteiger partial charge in [0.2, 0.25) is 0 Å². The van der Waals surface area contributed by atoms with Crippen molar-refractivity contribution in [2.24, 2.45) is 11.8 Å². The molecule has 2 unspecified atom stereocenters. The van der Waals surface area contributed by atoms with Crippen LogP contribution in [0, 0.1) is 11.8 Å². The van der Waals surface area contributed by atoms with E-state index in [0.717, 1.165) is 24.7 Å². The Morgan fingerprint density at radius 1 is 0.857 bits per heavy atom. The van der Waals surface area contributed by atoms with Gasteiger partial charge in [-0.05, 0) is 43.9 Å². The lowest BCUT2D eigenvalue weighted by molar-refractivity contribution is 0.0516. The Morgan fingerprint density at radius 3 is 1.86 bits per heavy atom. The van der Waals surface area contributed by atoms with E-state index in [1.807, 2.05) is 0 Å². The van der Waals surface area contributed by atoms with E-state index >= 15 is 0 Å². The average Bonchev–Trinajstić information content (AvgIpc) is 1.99. The lowest BCUT2D eigenvalue weighted by Crippen LogP contribution is -2.50. The minimum absolute atomic E-state index is 0.0223. The number of hydrogen-bond acceptors (Lipinski definition) is 2. The highest BCUT2D eigenvalue weighted by Gasteiger charge is 2.31. The van der Waals surface area contributed by atoms with Crippen molar-refractivity contribution < 1.29 is 5.11 Å². The molecule has 2 nitrogen and oxygen atoms in total. The van der Waals surface area contributed by atoms with Crippen molar-refractivity contribution in [3.05, 3.63) is 0 Å². The fourth-order valence-electron chi connectivity index (χ4n) is 3.14. The van der Waals surface area contributed by atoms with Crippen LogP contribution < -0.4 is 5.32 Å². The molecule has 0 bridgehead atoms. The molecule has 2 rings (SSSR count). The number of rotatable bonds is 2. The van der Waals surface area contributed by atoms with Gasteiger partial charge in [-0.3, -0.25) is 0 Å². The van der Waals surface area contributed by atoms with Gasteiger partial charge in [0.1, 0.15) is 0 Å². The van der Waals surface area contributed by atoms with Gasteiger partial charge in [0.05, 0.1) is 6.10 Å². The second-order valence-corrected chi connectivity index (χ2v) is 5.60. The maximum absolute atomic E-state index is 9.21. The number of nitrogens with one attached hydrogen (secondary N) is 1. The SMILES string of the molecule is CC1CC(C)CC(NC2CC(O)C2)C1. The number of aliphatic hydroxyl groups excluding tert-OH is 1. The molecule has 2 aliphatic rings. The van der Waals surface area contributed by atoms with Crippen molar-refractivity contribution in [2.45, 2.75) is 64.1 Å². The van der Waals surface area contributed by atoms with Crippen LogP contribution in [0.25, 0.3) is 0 Å². The van der Waals surface area contributed by atoms with E-state index in [1.165, 1.54) is 19.3 Å². The molecule has 0 aromatic heterocycles. The molecule has 0 spiro atoms. The Hall–Kier alpha value is -0.0800. The molecule has 0 saturated heterocycles. The molecule has 2 heteroatoms. The zero-order valence-corrected chi connectivity index (χ0v) is 9.37. The van der Waals surface area contributed by atoms with E-state index in [2.05, 4.69) is 19.2 Å². The Bertz CT molecular complexity index is 179. The van der Waals surface area contributed by atoms with Crippen molar-refractivity contribution in [3.8, 4) is 0 Å². The van der Waals surface area contributed by atoms with Gasteiger partial charge in [-0.15, -0.1) is 0 Å². The summed E-state index contributed by atoms with van der Waals surface area (Å²) in [4.78, 5) is 0. The first-order valence-corrected chi connectivity index (χ1v) is 6.07. The summed E-state index contributed by atoms with van der Waals surface area (Å²) in [7, 11) is 0. The molecule has 2 saturated carbocycles. The van der Waals surface area contributed by atoms with Crippen molar-refractivity contribution >= 4 is 0 Å². The summed E-state index contributed by atoms with van der Waals surface area (Å²) in [6, 6.07) is 1.32. The standard InChI is InChI=1S/C12H23NO/c1-8-3-9(2)5-10(4-8)13-11-6-12(14)7-11/h8-14H,3-7H2,1-2H3. The van der Waals surface area contributed by atoms with Crippen LogP contribution in [0.3, 0.4) is 0 Å². The van der Waals surface area contributed by atoms with Gasteiger partial charge in [-0.25, -0.2) is 0 Å². The van der Waals surface area contributed by atoms with E-state index < -0.39 is 0 Å². The Labute approximate surface area is 87.1 Å². The molecular weight excluding hydrogens is 174 g/mol. The van der Waals surface area contributed by atoms with Crippen LogP contribution in [0.5, 0.6) is 0 Å². The van der Waals surface area contributed by atoms with Gasteiger partial charge >= 0.3 is 0 Å². The van der Waals surface area contributed by atoms with E-state index in [-0.39, 0.29) is 6.10 Å². The van der Waals surface area contributed by atoms with E-state index in [0.29, 0.717) is 12.1 Å². The summed E-state index contributed by atoms with van der Waals surface area (Å²) < 4.78 is 0. The monoisotopic (exact) mass is 197 g/mol. The maximum atomic E-state index is 9.21. The third-order valence-electron chi connectivity index (χ3n) is 3.76. The molecular formula is C12H23NO. The van der Waals surface area contributed by atoms with Crippen molar-refractivity contribution in [3.63, 3.8) is 0 Å². The smallest absolute Gasteiger partial charge is 0.0570 e. The van der Waals surface area contributed by atoms with Gasteiger partial charge < -0.3 is 10.4 Å². The molecule has 2 atom stereocenters. The van der Waals surface area contributed by atoms with E-state index in [1.54, 1.807) is 0 Å². The normalized spacial score (nSPS) is 48.6. The number of hydrogen-bond donors (Lipinski definition) is 2. The van der Waals surface area contributed by atoms with Gasteiger partial charge in [0.15, 0.2) is 0 Å². The second-order valence-electron chi connectivity index (χ2n) is 5.60. The predicted octanol–water partition coefficient (Wildman–Crippen LogP) is 1.92. The van der Waals surface area contributed by atoms with Crippen molar-refractivity contribution in [2.75, 3.05) is 0 Å². The molecule has 0 aliphatic heterocycles. The van der Waals surface area contributed by atoms with Crippen LogP contribution in [0.2, 0.25) is 0 Å². The predicted molar refractivity (Wildman–Crippen MR) is 58.1 cm³/mol. The van der Waals surface area contributed by atoms with Crippen LogP contribution in [0.1, 0.15) is 46.0 Å². The van der Waals surface area contributed by atoms with Crippen molar-refractivity contribution in [1.29, 1.82) is 0 Å². The van der Waals surface area contributed by atoms with Gasteiger partial charge in [0.25, 0.3) is 0 Å². The highest BCUT2D eigenvalue weighted by molar-refractivity contribution is 4.89. The Morgan fingerprint density at radius 2 is 1.36 bits per heavy atom. The van der Waals surface area contributed by atoms with E-state index in [9.17, 15) is 5.11 Å². The van der Waals surface area contributed by atoms with Crippen molar-refractivity contribution in [1.82, 2.24) is 5.32 Å². The van der Waals surface area contributed by atoms with Crippen LogP contribution in [-0.2, 0) is 0 Å². The fourth-order valence-corrected chi connectivity index (χ4v) is 3.14. The van der Waals surface area contributed by atoms with E-state index in [4.69, 9.17) is 0 Å². The fraction of sp³-hybridized carbons (Fsp3) is 1.00. The summed E-state index contributed by atoms with van der Waals surface area (Å²) in [5.41, 5.74) is 0. The summed E-state index contributed by atoms with van der Waals surface area (Å²) in [5.74, 6) is 1.75. The molecule has 2 N–H and O–H groups in total. The molecule has 2 fully saturated rings. The highest BCUT2D eigenvalue weighted by Crippen LogP contribution is 2.30. The van der Waals surface area contributed by atoms with Crippen LogP contribution in [0.15, 0.2) is 0 Å². The third-order valence-corrected chi connectivity index (χ3v) is 3.76. The molecule has 0 amide bonds. The summed E-state index contributed by atoms with van der Waals surface area (Å²) in [6.45, 7) is 4.72. The summed E-state index contributed by atoms with van der Waals surface area (Å²) >= 11 is 0. The molecule has 14 heavy (non-hydrogen) atoms. The van der Waals surface area contributed by atoms with Crippen LogP contribution in [0.4, 0.5) is 0 Å². The third kappa shape index (κ3) is 2.48. The molecule has 2 aliphatic carbocycles. The van der Waals surface area contributed by atoms with Crippen LogP contribution >= 0.6 is 0 Å². The first-order valence-electron chi connectivity index (χ1n) is 6.07. The quantitative estimate of drug-likeness (QED) is 0.709. The maximum Gasteiger partial charge on any atom is 0.0570 e. The molecule has 0 radical (unpaired) electrons.